The molecular formula is C29H26N6O3S3. The number of thiazole rings is 2. The molecule has 41 heavy (non-hydrogen) atoms. The molecule has 1 fully saturated rings. The average Bonchev–Trinajstić information content (AvgIpc) is 3.74. The van der Waals surface area contributed by atoms with Crippen LogP contribution in [0.15, 0.2) is 48.0 Å². The van der Waals surface area contributed by atoms with Gasteiger partial charge in [0.15, 0.2) is 0 Å². The number of hydrogen-bond donors (Lipinski definition) is 0. The lowest BCUT2D eigenvalue weighted by Gasteiger charge is -2.38. The third-order valence-corrected chi connectivity index (χ3v) is 10.0. The minimum atomic E-state index is 0.102. The zero-order valence-corrected chi connectivity index (χ0v) is 25.1. The summed E-state index contributed by atoms with van der Waals surface area (Å²) in [7, 11) is 1.63. The van der Waals surface area contributed by atoms with Gasteiger partial charge in [0, 0.05) is 41.7 Å². The van der Waals surface area contributed by atoms with Gasteiger partial charge in [-0.2, -0.15) is 5.10 Å². The number of imidazole rings is 1. The van der Waals surface area contributed by atoms with Crippen molar-refractivity contribution in [1.29, 1.82) is 0 Å². The minimum Gasteiger partial charge on any atom is -0.497 e. The van der Waals surface area contributed by atoms with Crippen molar-refractivity contribution < 1.29 is 14.3 Å². The van der Waals surface area contributed by atoms with Crippen molar-refractivity contribution in [3.8, 4) is 32.8 Å². The van der Waals surface area contributed by atoms with Gasteiger partial charge in [-0.25, -0.2) is 19.5 Å². The summed E-state index contributed by atoms with van der Waals surface area (Å²) in [5.41, 5.74) is 4.09. The molecule has 4 aromatic heterocycles. The Bertz CT molecular complexity index is 1850. The Hall–Kier alpha value is -3.87. The Labute approximate surface area is 248 Å². The fraction of sp³-hybridized carbons (Fsp3) is 0.276. The van der Waals surface area contributed by atoms with E-state index in [2.05, 4.69) is 12.0 Å². The normalized spacial score (nSPS) is 13.7. The molecule has 2 aromatic carbocycles. The van der Waals surface area contributed by atoms with Crippen molar-refractivity contribution in [2.45, 2.75) is 26.9 Å². The Morgan fingerprint density at radius 2 is 1.90 bits per heavy atom. The summed E-state index contributed by atoms with van der Waals surface area (Å²) in [6.07, 6.45) is 3.02. The van der Waals surface area contributed by atoms with E-state index in [4.69, 9.17) is 24.4 Å². The predicted molar refractivity (Wildman–Crippen MR) is 162 cm³/mol. The second-order valence-corrected chi connectivity index (χ2v) is 13.0. The van der Waals surface area contributed by atoms with Gasteiger partial charge in [-0.1, -0.05) is 30.4 Å². The van der Waals surface area contributed by atoms with Crippen LogP contribution in [0, 0.1) is 12.8 Å². The number of methoxy groups -OCH3 is 1. The number of carbonyl (C=O) groups excluding carboxylic acids is 1. The maximum Gasteiger partial charge on any atom is 0.253 e. The van der Waals surface area contributed by atoms with Crippen LogP contribution in [0.1, 0.15) is 34.4 Å². The van der Waals surface area contributed by atoms with Crippen LogP contribution >= 0.6 is 34.0 Å². The van der Waals surface area contributed by atoms with Gasteiger partial charge in [-0.05, 0) is 31.4 Å². The van der Waals surface area contributed by atoms with E-state index in [1.54, 1.807) is 34.3 Å². The Morgan fingerprint density at radius 3 is 2.66 bits per heavy atom. The van der Waals surface area contributed by atoms with Crippen molar-refractivity contribution in [2.75, 3.05) is 20.2 Å². The lowest BCUT2D eigenvalue weighted by atomic mass is 9.96. The highest BCUT2D eigenvalue weighted by Crippen LogP contribution is 2.39. The van der Waals surface area contributed by atoms with E-state index in [1.807, 2.05) is 59.8 Å². The fourth-order valence-corrected chi connectivity index (χ4v) is 7.31. The monoisotopic (exact) mass is 602 g/mol. The van der Waals surface area contributed by atoms with Crippen LogP contribution in [0.2, 0.25) is 0 Å². The summed E-state index contributed by atoms with van der Waals surface area (Å²) < 4.78 is 14.5. The molecule has 0 saturated carbocycles. The summed E-state index contributed by atoms with van der Waals surface area (Å²) in [5.74, 6) is 2.09. The van der Waals surface area contributed by atoms with E-state index in [9.17, 15) is 4.79 Å². The molecule has 12 heteroatoms. The van der Waals surface area contributed by atoms with Crippen molar-refractivity contribution in [3.63, 3.8) is 0 Å². The number of amides is 1. The lowest BCUT2D eigenvalue weighted by molar-refractivity contribution is 0.0494. The highest BCUT2D eigenvalue weighted by molar-refractivity contribution is 7.22. The van der Waals surface area contributed by atoms with Crippen LogP contribution in [-0.4, -0.2) is 55.6 Å². The van der Waals surface area contributed by atoms with Crippen molar-refractivity contribution in [3.05, 3.63) is 64.2 Å². The number of rotatable bonds is 8. The molecule has 5 heterocycles. The Balaban J connectivity index is 1.07. The zero-order valence-electron chi connectivity index (χ0n) is 22.7. The van der Waals surface area contributed by atoms with E-state index >= 15 is 0 Å². The highest BCUT2D eigenvalue weighted by Gasteiger charge is 2.29. The number of aromatic nitrogens is 5. The standard InChI is InChI=1S/C29H26N6O3S3/c1-4-17-11-34(12-17)28(36)19-7-5-18(6-8-19)26-30-20(15-39-26)14-38-24-10-21(37-3)9-22-25(24)41-27(31-22)23-13-35-29(32-23)40-16(2)33-35/h5-10,13,15,17H,4,11-12,14H2,1-3H3. The van der Waals surface area contributed by atoms with Crippen molar-refractivity contribution >= 4 is 55.1 Å². The first-order chi connectivity index (χ1) is 20.0. The van der Waals surface area contributed by atoms with E-state index in [1.165, 1.54) is 11.3 Å². The van der Waals surface area contributed by atoms with Crippen molar-refractivity contribution in [1.82, 2.24) is 29.5 Å². The van der Waals surface area contributed by atoms with Crippen LogP contribution < -0.4 is 9.47 Å². The quantitative estimate of drug-likeness (QED) is 0.195. The largest absolute Gasteiger partial charge is 0.497 e. The summed E-state index contributed by atoms with van der Waals surface area (Å²) in [5, 5.41) is 9.11. The molecule has 1 amide bonds. The number of hydrogen-bond acceptors (Lipinski definition) is 10. The van der Waals surface area contributed by atoms with Crippen LogP contribution in [0.4, 0.5) is 0 Å². The third-order valence-electron chi connectivity index (χ3n) is 7.16. The molecule has 0 atom stereocenters. The number of carbonyl (C=O) groups is 1. The Morgan fingerprint density at radius 1 is 1.07 bits per heavy atom. The van der Waals surface area contributed by atoms with Gasteiger partial charge >= 0.3 is 0 Å². The molecular weight excluding hydrogens is 577 g/mol. The Kier molecular flexibility index (Phi) is 6.68. The third kappa shape index (κ3) is 4.96. The molecule has 0 radical (unpaired) electrons. The summed E-state index contributed by atoms with van der Waals surface area (Å²) in [6.45, 7) is 6.15. The lowest BCUT2D eigenvalue weighted by Crippen LogP contribution is -2.49. The van der Waals surface area contributed by atoms with Crippen molar-refractivity contribution in [2.24, 2.45) is 5.92 Å². The highest BCUT2D eigenvalue weighted by atomic mass is 32.1. The predicted octanol–water partition coefficient (Wildman–Crippen LogP) is 6.57. The van der Waals surface area contributed by atoms with E-state index < -0.39 is 0 Å². The molecule has 0 spiro atoms. The van der Waals surface area contributed by atoms with Crippen LogP contribution in [-0.2, 0) is 6.61 Å². The minimum absolute atomic E-state index is 0.102. The summed E-state index contributed by atoms with van der Waals surface area (Å²) in [4.78, 5) is 29.8. The van der Waals surface area contributed by atoms with Gasteiger partial charge in [0.25, 0.3) is 5.91 Å². The van der Waals surface area contributed by atoms with E-state index in [0.717, 1.165) is 72.2 Å². The van der Waals surface area contributed by atoms with Crippen LogP contribution in [0.3, 0.4) is 0 Å². The number of fused-ring (bicyclic) bond motifs is 2. The second-order valence-electron chi connectivity index (χ2n) is 9.96. The van der Waals surface area contributed by atoms with Gasteiger partial charge in [0.2, 0.25) is 4.96 Å². The summed E-state index contributed by atoms with van der Waals surface area (Å²) in [6, 6.07) is 11.5. The van der Waals surface area contributed by atoms with Gasteiger partial charge < -0.3 is 14.4 Å². The molecule has 0 aliphatic carbocycles. The average molecular weight is 603 g/mol. The van der Waals surface area contributed by atoms with E-state index in [0.29, 0.717) is 24.0 Å². The number of aryl methyl sites for hydroxylation is 1. The zero-order chi connectivity index (χ0) is 28.1. The molecule has 0 bridgehead atoms. The second kappa shape index (κ2) is 10.5. The van der Waals surface area contributed by atoms with Gasteiger partial charge in [0.1, 0.15) is 38.8 Å². The number of nitrogens with zero attached hydrogens (tertiary/aromatic N) is 6. The number of benzene rings is 2. The molecule has 1 saturated heterocycles. The van der Waals surface area contributed by atoms with Crippen LogP contribution in [0.5, 0.6) is 11.5 Å². The van der Waals surface area contributed by atoms with E-state index in [-0.39, 0.29) is 5.91 Å². The van der Waals surface area contributed by atoms with Crippen LogP contribution in [0.25, 0.3) is 36.5 Å². The smallest absolute Gasteiger partial charge is 0.253 e. The first-order valence-electron chi connectivity index (χ1n) is 13.3. The molecule has 6 aromatic rings. The van der Waals surface area contributed by atoms with Gasteiger partial charge in [0.05, 0.1) is 29.2 Å². The SMILES string of the molecule is CCC1CN(C(=O)c2ccc(-c3nc(COc4cc(OC)cc5nc(-c6cn7nc(C)sc7n6)sc45)cs3)cc2)C1. The first-order valence-corrected chi connectivity index (χ1v) is 15.8. The maximum atomic E-state index is 12.7. The molecule has 0 N–H and O–H groups in total. The fourth-order valence-electron chi connectivity index (χ4n) is 4.80. The number of likely N-dealkylation sites (tertiary alicyclic amines) is 1. The maximum absolute atomic E-state index is 12.7. The number of ether oxygens (including phenoxy) is 2. The first kappa shape index (κ1) is 26.1. The molecule has 9 nitrogen and oxygen atoms in total. The molecule has 0 unspecified atom stereocenters. The molecule has 208 valence electrons. The molecule has 7 rings (SSSR count). The topological polar surface area (TPSA) is 94.7 Å². The molecule has 1 aliphatic rings. The molecule has 1 aliphatic heterocycles. The summed E-state index contributed by atoms with van der Waals surface area (Å²) >= 11 is 4.63. The van der Waals surface area contributed by atoms with Gasteiger partial charge in [-0.3, -0.25) is 4.79 Å². The van der Waals surface area contributed by atoms with Gasteiger partial charge in [-0.15, -0.1) is 22.7 Å².